The van der Waals surface area contributed by atoms with E-state index in [0.29, 0.717) is 17.4 Å². The van der Waals surface area contributed by atoms with Crippen LogP contribution >= 0.6 is 0 Å². The fourth-order valence-electron chi connectivity index (χ4n) is 2.02. The maximum absolute atomic E-state index is 11.9. The Balaban J connectivity index is 2.01. The standard InChI is InChI=1S/C15H21NO3/c1-10-4-7-13(11(2)17)14(8-10)19-9-15(18)16(3)12-5-6-12/h4,7-8,11-12,17H,5-6,9H2,1-3H3/t11-/m1/s1. The monoisotopic (exact) mass is 263 g/mol. The minimum absolute atomic E-state index is 0.0134. The Morgan fingerprint density at radius 1 is 1.53 bits per heavy atom. The number of rotatable bonds is 5. The molecule has 104 valence electrons. The Labute approximate surface area is 114 Å². The van der Waals surface area contributed by atoms with E-state index in [1.54, 1.807) is 11.8 Å². The van der Waals surface area contributed by atoms with Crippen LogP contribution in [0, 0.1) is 6.92 Å². The third-order valence-corrected chi connectivity index (χ3v) is 3.46. The average Bonchev–Trinajstić information content (AvgIpc) is 3.18. The molecule has 1 aliphatic carbocycles. The zero-order valence-corrected chi connectivity index (χ0v) is 11.7. The van der Waals surface area contributed by atoms with Gasteiger partial charge in [0.2, 0.25) is 0 Å². The Morgan fingerprint density at radius 3 is 2.79 bits per heavy atom. The van der Waals surface area contributed by atoms with Crippen molar-refractivity contribution < 1.29 is 14.6 Å². The molecule has 1 aromatic carbocycles. The van der Waals surface area contributed by atoms with E-state index in [0.717, 1.165) is 18.4 Å². The molecular weight excluding hydrogens is 242 g/mol. The van der Waals surface area contributed by atoms with Crippen molar-refractivity contribution in [3.63, 3.8) is 0 Å². The van der Waals surface area contributed by atoms with Gasteiger partial charge in [-0.15, -0.1) is 0 Å². The van der Waals surface area contributed by atoms with Crippen LogP contribution in [-0.4, -0.2) is 35.6 Å². The van der Waals surface area contributed by atoms with Crippen LogP contribution in [-0.2, 0) is 4.79 Å². The van der Waals surface area contributed by atoms with E-state index < -0.39 is 6.10 Å². The second kappa shape index (κ2) is 5.61. The van der Waals surface area contributed by atoms with Crippen molar-refractivity contribution in [2.75, 3.05) is 13.7 Å². The number of carbonyl (C=O) groups is 1. The largest absolute Gasteiger partial charge is 0.483 e. The normalized spacial score (nSPS) is 16.0. The molecule has 1 N–H and O–H groups in total. The van der Waals surface area contributed by atoms with Gasteiger partial charge in [-0.25, -0.2) is 0 Å². The number of aliphatic hydroxyl groups excluding tert-OH is 1. The quantitative estimate of drug-likeness (QED) is 0.884. The number of likely N-dealkylation sites (N-methyl/N-ethyl adjacent to an activating group) is 1. The molecule has 0 bridgehead atoms. The number of hydrogen-bond acceptors (Lipinski definition) is 3. The highest BCUT2D eigenvalue weighted by atomic mass is 16.5. The van der Waals surface area contributed by atoms with E-state index in [1.807, 2.05) is 32.2 Å². The number of benzene rings is 1. The molecule has 4 nitrogen and oxygen atoms in total. The van der Waals surface area contributed by atoms with Crippen molar-refractivity contribution in [1.82, 2.24) is 4.90 Å². The summed E-state index contributed by atoms with van der Waals surface area (Å²) in [7, 11) is 1.81. The van der Waals surface area contributed by atoms with Gasteiger partial charge in [0, 0.05) is 18.7 Å². The molecule has 4 heteroatoms. The van der Waals surface area contributed by atoms with Crippen LogP contribution in [0.25, 0.3) is 0 Å². The molecule has 0 unspecified atom stereocenters. The third-order valence-electron chi connectivity index (χ3n) is 3.46. The molecule has 0 aliphatic heterocycles. The summed E-state index contributed by atoms with van der Waals surface area (Å²) in [5.74, 6) is 0.577. The number of hydrogen-bond donors (Lipinski definition) is 1. The lowest BCUT2D eigenvalue weighted by atomic mass is 10.1. The van der Waals surface area contributed by atoms with Crippen LogP contribution in [0.15, 0.2) is 18.2 Å². The van der Waals surface area contributed by atoms with Gasteiger partial charge in [-0.2, -0.15) is 0 Å². The topological polar surface area (TPSA) is 49.8 Å². The number of amides is 1. The van der Waals surface area contributed by atoms with Crippen molar-refractivity contribution in [3.8, 4) is 5.75 Å². The molecule has 0 radical (unpaired) electrons. The second-order valence-electron chi connectivity index (χ2n) is 5.24. The number of aryl methyl sites for hydroxylation is 1. The summed E-state index contributed by atoms with van der Waals surface area (Å²) in [6.45, 7) is 3.67. The number of ether oxygens (including phenoxy) is 1. The number of carbonyl (C=O) groups excluding carboxylic acids is 1. The molecular formula is C15H21NO3. The van der Waals surface area contributed by atoms with Gasteiger partial charge in [0.25, 0.3) is 5.91 Å². The maximum atomic E-state index is 11.9. The van der Waals surface area contributed by atoms with Crippen molar-refractivity contribution in [3.05, 3.63) is 29.3 Å². The van der Waals surface area contributed by atoms with E-state index in [2.05, 4.69) is 0 Å². The van der Waals surface area contributed by atoms with Gasteiger partial charge >= 0.3 is 0 Å². The SMILES string of the molecule is Cc1ccc([C@@H](C)O)c(OCC(=O)N(C)C2CC2)c1. The summed E-state index contributed by atoms with van der Waals surface area (Å²) in [5.41, 5.74) is 1.76. The summed E-state index contributed by atoms with van der Waals surface area (Å²) < 4.78 is 5.59. The summed E-state index contributed by atoms with van der Waals surface area (Å²) >= 11 is 0. The van der Waals surface area contributed by atoms with Gasteiger partial charge in [0.1, 0.15) is 5.75 Å². The minimum Gasteiger partial charge on any atom is -0.483 e. The van der Waals surface area contributed by atoms with Crippen molar-refractivity contribution >= 4 is 5.91 Å². The second-order valence-corrected chi connectivity index (χ2v) is 5.24. The van der Waals surface area contributed by atoms with Gasteiger partial charge in [-0.05, 0) is 38.3 Å². The summed E-state index contributed by atoms with van der Waals surface area (Å²) in [6, 6.07) is 6.01. The fraction of sp³-hybridized carbons (Fsp3) is 0.533. The molecule has 1 saturated carbocycles. The van der Waals surface area contributed by atoms with Gasteiger partial charge in [0.15, 0.2) is 6.61 Å². The van der Waals surface area contributed by atoms with Crippen molar-refractivity contribution in [2.45, 2.75) is 38.8 Å². The van der Waals surface area contributed by atoms with Crippen molar-refractivity contribution in [2.24, 2.45) is 0 Å². The molecule has 2 rings (SSSR count). The molecule has 0 saturated heterocycles. The summed E-state index contributed by atoms with van der Waals surface area (Å²) in [4.78, 5) is 13.7. The van der Waals surface area contributed by atoms with Gasteiger partial charge < -0.3 is 14.7 Å². The molecule has 1 aliphatic rings. The highest BCUT2D eigenvalue weighted by Gasteiger charge is 2.29. The van der Waals surface area contributed by atoms with Crippen LogP contribution < -0.4 is 4.74 Å². The highest BCUT2D eigenvalue weighted by Crippen LogP contribution is 2.27. The van der Waals surface area contributed by atoms with E-state index in [1.165, 1.54) is 0 Å². The zero-order chi connectivity index (χ0) is 14.0. The van der Waals surface area contributed by atoms with Crippen LogP contribution in [0.2, 0.25) is 0 Å². The Morgan fingerprint density at radius 2 is 2.21 bits per heavy atom. The number of nitrogens with zero attached hydrogens (tertiary/aromatic N) is 1. The lowest BCUT2D eigenvalue weighted by Crippen LogP contribution is -2.33. The highest BCUT2D eigenvalue weighted by molar-refractivity contribution is 5.78. The van der Waals surface area contributed by atoms with E-state index in [-0.39, 0.29) is 12.5 Å². The molecule has 1 amide bonds. The average molecular weight is 263 g/mol. The van der Waals surface area contributed by atoms with E-state index in [4.69, 9.17) is 4.74 Å². The van der Waals surface area contributed by atoms with Crippen LogP contribution in [0.4, 0.5) is 0 Å². The van der Waals surface area contributed by atoms with Crippen molar-refractivity contribution in [1.29, 1.82) is 0 Å². The predicted octanol–water partition coefficient (Wildman–Crippen LogP) is 2.05. The van der Waals surface area contributed by atoms with E-state index in [9.17, 15) is 9.90 Å². The summed E-state index contributed by atoms with van der Waals surface area (Å²) in [6.07, 6.45) is 1.57. The smallest absolute Gasteiger partial charge is 0.260 e. The zero-order valence-electron chi connectivity index (χ0n) is 11.7. The molecule has 1 aromatic rings. The Kier molecular flexibility index (Phi) is 4.10. The molecule has 1 fully saturated rings. The first-order valence-corrected chi connectivity index (χ1v) is 6.66. The molecule has 0 heterocycles. The molecule has 0 spiro atoms. The van der Waals surface area contributed by atoms with Crippen LogP contribution in [0.1, 0.15) is 37.0 Å². The fourth-order valence-corrected chi connectivity index (χ4v) is 2.02. The first-order chi connectivity index (χ1) is 8.99. The summed E-state index contributed by atoms with van der Waals surface area (Å²) in [5, 5.41) is 9.69. The molecule has 1 atom stereocenters. The maximum Gasteiger partial charge on any atom is 0.260 e. The first kappa shape index (κ1) is 13.9. The van der Waals surface area contributed by atoms with Gasteiger partial charge in [-0.1, -0.05) is 12.1 Å². The molecule has 19 heavy (non-hydrogen) atoms. The van der Waals surface area contributed by atoms with Gasteiger partial charge in [0.05, 0.1) is 6.10 Å². The van der Waals surface area contributed by atoms with Crippen LogP contribution in [0.5, 0.6) is 5.75 Å². The minimum atomic E-state index is -0.605. The lowest BCUT2D eigenvalue weighted by molar-refractivity contribution is -0.132. The van der Waals surface area contributed by atoms with Crippen LogP contribution in [0.3, 0.4) is 0 Å². The first-order valence-electron chi connectivity index (χ1n) is 6.66. The third kappa shape index (κ3) is 3.47. The Bertz CT molecular complexity index is 466. The van der Waals surface area contributed by atoms with E-state index >= 15 is 0 Å². The van der Waals surface area contributed by atoms with Gasteiger partial charge in [-0.3, -0.25) is 4.79 Å². The predicted molar refractivity (Wildman–Crippen MR) is 73.1 cm³/mol. The Hall–Kier alpha value is -1.55. The lowest BCUT2D eigenvalue weighted by Gasteiger charge is -2.18. The number of aliphatic hydroxyl groups is 1. The molecule has 0 aromatic heterocycles.